The van der Waals surface area contributed by atoms with E-state index in [0.717, 1.165) is 0 Å². The number of alkyl halides is 12. The Morgan fingerprint density at radius 3 is 1.47 bits per heavy atom. The van der Waals surface area contributed by atoms with Crippen molar-refractivity contribution in [2.75, 3.05) is 6.61 Å². The summed E-state index contributed by atoms with van der Waals surface area (Å²) in [6.45, 7) is 6.45. The summed E-state index contributed by atoms with van der Waals surface area (Å²) in [7, 11) is 0. The Bertz CT molecular complexity index is 656. The van der Waals surface area contributed by atoms with Crippen LogP contribution in [0.5, 0.6) is 0 Å². The van der Waals surface area contributed by atoms with E-state index in [1.165, 1.54) is 20.8 Å². The van der Waals surface area contributed by atoms with E-state index in [1.807, 2.05) is 0 Å². The standard InChI is InChI=1S/C18H24F12O2/c1-12(2,3)7-9(13(4,5)6)10(31)32-8-14(20,21)17(26,27)15(22,23)11(19)16(24,25)18(28,29)30/h9,11H,7-8H2,1-6H3. The number of carbonyl (C=O) groups is 1. The molecular weight excluding hydrogens is 476 g/mol. The van der Waals surface area contributed by atoms with Gasteiger partial charge in [0.1, 0.15) is 0 Å². The highest BCUT2D eigenvalue weighted by molar-refractivity contribution is 5.73. The molecule has 2 unspecified atom stereocenters. The van der Waals surface area contributed by atoms with Gasteiger partial charge in [-0.25, -0.2) is 4.39 Å². The third kappa shape index (κ3) is 6.36. The van der Waals surface area contributed by atoms with E-state index < -0.39 is 65.4 Å². The smallest absolute Gasteiger partial charge is 0.456 e. The van der Waals surface area contributed by atoms with Crippen molar-refractivity contribution in [3.63, 3.8) is 0 Å². The van der Waals surface area contributed by atoms with Crippen LogP contribution in [0.1, 0.15) is 48.0 Å². The van der Waals surface area contributed by atoms with Gasteiger partial charge < -0.3 is 4.74 Å². The molecule has 2 nitrogen and oxygen atoms in total. The number of esters is 1. The average Bonchev–Trinajstić information content (AvgIpc) is 2.53. The molecule has 0 aliphatic carbocycles. The van der Waals surface area contributed by atoms with Crippen molar-refractivity contribution in [2.24, 2.45) is 16.7 Å². The summed E-state index contributed by atoms with van der Waals surface area (Å²) in [6.07, 6.45) is -13.1. The van der Waals surface area contributed by atoms with Gasteiger partial charge in [0.2, 0.25) is 6.17 Å². The molecule has 0 aromatic heterocycles. The van der Waals surface area contributed by atoms with Crippen LogP contribution in [0.25, 0.3) is 0 Å². The van der Waals surface area contributed by atoms with E-state index >= 15 is 0 Å². The molecule has 14 heteroatoms. The molecule has 0 rings (SSSR count). The number of ether oxygens (including phenoxy) is 1. The summed E-state index contributed by atoms with van der Waals surface area (Å²) in [5.41, 5.74) is -1.59. The second-order valence-electron chi connectivity index (χ2n) is 9.68. The van der Waals surface area contributed by atoms with E-state index in [9.17, 15) is 57.5 Å². The lowest BCUT2D eigenvalue weighted by molar-refractivity contribution is -0.379. The third-order valence-electron chi connectivity index (χ3n) is 4.43. The fourth-order valence-corrected chi connectivity index (χ4v) is 2.48. The molecule has 2 atom stereocenters. The van der Waals surface area contributed by atoms with Crippen molar-refractivity contribution in [2.45, 2.75) is 84.0 Å². The zero-order valence-electron chi connectivity index (χ0n) is 17.9. The topological polar surface area (TPSA) is 26.3 Å². The lowest BCUT2D eigenvalue weighted by atomic mass is 9.72. The molecule has 32 heavy (non-hydrogen) atoms. The van der Waals surface area contributed by atoms with Gasteiger partial charge in [0.05, 0.1) is 5.92 Å². The fraction of sp³-hybridized carbons (Fsp3) is 0.944. The van der Waals surface area contributed by atoms with Crippen LogP contribution in [0.15, 0.2) is 0 Å². The van der Waals surface area contributed by atoms with Crippen LogP contribution in [0.3, 0.4) is 0 Å². The van der Waals surface area contributed by atoms with Gasteiger partial charge in [-0.1, -0.05) is 41.5 Å². The van der Waals surface area contributed by atoms with Crippen LogP contribution < -0.4 is 0 Å². The zero-order chi connectivity index (χ0) is 26.4. The molecular formula is C18H24F12O2. The summed E-state index contributed by atoms with van der Waals surface area (Å²) in [5, 5.41) is 0. The molecule has 0 N–H and O–H groups in total. The summed E-state index contributed by atoms with van der Waals surface area (Å²) in [5.74, 6) is -30.3. The van der Waals surface area contributed by atoms with E-state index in [1.54, 1.807) is 20.8 Å². The van der Waals surface area contributed by atoms with Gasteiger partial charge in [-0.3, -0.25) is 4.79 Å². The first-order valence-corrected chi connectivity index (χ1v) is 9.01. The Morgan fingerprint density at radius 2 is 1.16 bits per heavy atom. The number of rotatable bonds is 8. The van der Waals surface area contributed by atoms with E-state index in [4.69, 9.17) is 0 Å². The molecule has 0 spiro atoms. The van der Waals surface area contributed by atoms with Crippen molar-refractivity contribution >= 4 is 5.97 Å². The minimum absolute atomic E-state index is 0.0299. The zero-order valence-corrected chi connectivity index (χ0v) is 17.9. The minimum atomic E-state index is -7.18. The SMILES string of the molecule is CC(C)(C)CC(C(=O)OCC(F)(F)C(F)(F)C(F)(F)C(F)C(F)(F)C(F)(F)F)C(C)(C)C. The quantitative estimate of drug-likeness (QED) is 0.263. The van der Waals surface area contributed by atoms with E-state index in [-0.39, 0.29) is 6.42 Å². The maximum Gasteiger partial charge on any atom is 0.456 e. The third-order valence-corrected chi connectivity index (χ3v) is 4.43. The molecule has 0 heterocycles. The van der Waals surface area contributed by atoms with Crippen molar-refractivity contribution < 1.29 is 62.2 Å². The van der Waals surface area contributed by atoms with Gasteiger partial charge in [-0.05, 0) is 17.3 Å². The fourth-order valence-electron chi connectivity index (χ4n) is 2.48. The van der Waals surface area contributed by atoms with Crippen LogP contribution in [0.2, 0.25) is 0 Å². The number of hydrogen-bond donors (Lipinski definition) is 0. The molecule has 0 aromatic rings. The molecule has 0 saturated heterocycles. The summed E-state index contributed by atoms with van der Waals surface area (Å²) in [6, 6.07) is 0. The minimum Gasteiger partial charge on any atom is -0.459 e. The van der Waals surface area contributed by atoms with Crippen molar-refractivity contribution in [3.05, 3.63) is 0 Å². The molecule has 0 bridgehead atoms. The molecule has 192 valence electrons. The normalized spacial score (nSPS) is 17.2. The van der Waals surface area contributed by atoms with Crippen LogP contribution >= 0.6 is 0 Å². The Kier molecular flexibility index (Phi) is 8.39. The first-order valence-electron chi connectivity index (χ1n) is 9.01. The molecule has 0 amide bonds. The first-order chi connectivity index (χ1) is 13.6. The maximum absolute atomic E-state index is 13.8. The van der Waals surface area contributed by atoms with Gasteiger partial charge in [0.15, 0.2) is 6.61 Å². The molecule has 0 aliphatic rings. The Labute approximate surface area is 176 Å². The van der Waals surface area contributed by atoms with Crippen molar-refractivity contribution in [1.82, 2.24) is 0 Å². The van der Waals surface area contributed by atoms with Crippen LogP contribution in [-0.4, -0.2) is 48.6 Å². The van der Waals surface area contributed by atoms with E-state index in [0.29, 0.717) is 0 Å². The summed E-state index contributed by atoms with van der Waals surface area (Å²) >= 11 is 0. The first kappa shape index (κ1) is 30.6. The van der Waals surface area contributed by atoms with Gasteiger partial charge in [0.25, 0.3) is 0 Å². The molecule has 0 saturated carbocycles. The lowest BCUT2D eigenvalue weighted by Gasteiger charge is -2.37. The van der Waals surface area contributed by atoms with Crippen molar-refractivity contribution in [3.8, 4) is 0 Å². The molecule has 0 aromatic carbocycles. The molecule has 0 fully saturated rings. The predicted octanol–water partition coefficient (Wildman–Crippen LogP) is 7.07. The maximum atomic E-state index is 13.8. The lowest BCUT2D eigenvalue weighted by Crippen LogP contribution is -2.65. The van der Waals surface area contributed by atoms with Gasteiger partial charge in [0, 0.05) is 0 Å². The summed E-state index contributed by atoms with van der Waals surface area (Å²) in [4.78, 5) is 12.2. The van der Waals surface area contributed by atoms with Crippen LogP contribution in [-0.2, 0) is 9.53 Å². The van der Waals surface area contributed by atoms with Gasteiger partial charge in [-0.15, -0.1) is 0 Å². The predicted molar refractivity (Wildman–Crippen MR) is 88.7 cm³/mol. The Hall–Kier alpha value is -1.37. The highest BCUT2D eigenvalue weighted by Gasteiger charge is 2.82. The van der Waals surface area contributed by atoms with Crippen LogP contribution in [0, 0.1) is 16.7 Å². The summed E-state index contributed by atoms with van der Waals surface area (Å²) < 4.78 is 161. The largest absolute Gasteiger partial charge is 0.459 e. The number of carbonyl (C=O) groups excluding carboxylic acids is 1. The van der Waals surface area contributed by atoms with Crippen LogP contribution in [0.4, 0.5) is 52.7 Å². The number of hydrogen-bond acceptors (Lipinski definition) is 2. The Morgan fingerprint density at radius 1 is 0.750 bits per heavy atom. The van der Waals surface area contributed by atoms with E-state index in [2.05, 4.69) is 4.74 Å². The van der Waals surface area contributed by atoms with Gasteiger partial charge >= 0.3 is 35.8 Å². The monoisotopic (exact) mass is 500 g/mol. The highest BCUT2D eigenvalue weighted by Crippen LogP contribution is 2.54. The second kappa shape index (κ2) is 8.77. The number of halogens is 12. The molecule has 0 aliphatic heterocycles. The van der Waals surface area contributed by atoms with Gasteiger partial charge in [-0.2, -0.15) is 48.3 Å². The Balaban J connectivity index is 5.83. The molecule has 0 radical (unpaired) electrons. The highest BCUT2D eigenvalue weighted by atomic mass is 19.4. The second-order valence-corrected chi connectivity index (χ2v) is 9.68. The van der Waals surface area contributed by atoms with Crippen molar-refractivity contribution in [1.29, 1.82) is 0 Å². The average molecular weight is 500 g/mol.